The van der Waals surface area contributed by atoms with E-state index in [9.17, 15) is 18.0 Å². The van der Waals surface area contributed by atoms with Crippen molar-refractivity contribution in [3.8, 4) is 0 Å². The largest absolute Gasteiger partial charge is 0.478 e. The Balaban J connectivity index is 3.09. The Morgan fingerprint density at radius 2 is 1.81 bits per heavy atom. The normalized spacial score (nSPS) is 11.2. The van der Waals surface area contributed by atoms with Gasteiger partial charge in [-0.05, 0) is 18.2 Å². The molecule has 0 saturated carbocycles. The summed E-state index contributed by atoms with van der Waals surface area (Å²) in [5.41, 5.74) is 0.0607. The molecule has 0 aromatic heterocycles. The predicted molar refractivity (Wildman–Crippen MR) is 75.8 cm³/mol. The number of anilines is 1. The average Bonchev–Trinajstić information content (AvgIpc) is 2.43. The lowest BCUT2D eigenvalue weighted by atomic mass is 10.1. The Morgan fingerprint density at radius 3 is 2.29 bits per heavy atom. The van der Waals surface area contributed by atoms with Crippen LogP contribution in [0.4, 0.5) is 5.69 Å². The molecule has 0 atom stereocenters. The molecule has 0 amide bonds. The van der Waals surface area contributed by atoms with Crippen molar-refractivity contribution in [3.05, 3.63) is 29.3 Å². The number of nitrogens with zero attached hydrogens (tertiary/aromatic N) is 1. The minimum absolute atomic E-state index is 0.0159. The fourth-order valence-electron chi connectivity index (χ4n) is 1.39. The summed E-state index contributed by atoms with van der Waals surface area (Å²) < 4.78 is 28.9. The first-order valence-electron chi connectivity index (χ1n) is 5.78. The third kappa shape index (κ3) is 4.43. The number of methoxy groups -OCH3 is 1. The number of nitrogens with one attached hydrogen (secondary N) is 1. The smallest absolute Gasteiger partial charge is 0.337 e. The first-order valence-corrected chi connectivity index (χ1v) is 7.39. The highest BCUT2D eigenvalue weighted by molar-refractivity contribution is 7.89. The molecule has 0 spiro atoms. The molecule has 0 saturated heterocycles. The number of hydrogen-bond donors (Lipinski definition) is 2. The lowest BCUT2D eigenvalue weighted by molar-refractivity contribution is 0.0601. The number of hydrogen-bond acceptors (Lipinski definition) is 6. The molecule has 0 aliphatic carbocycles. The average molecular weight is 316 g/mol. The van der Waals surface area contributed by atoms with Crippen molar-refractivity contribution in [2.24, 2.45) is 0 Å². The number of ether oxygens (including phenoxy) is 1. The Labute approximate surface area is 122 Å². The van der Waals surface area contributed by atoms with Gasteiger partial charge < -0.3 is 15.2 Å². The SMILES string of the molecule is COC(=O)c1cc(NCS(=O)(=O)N(C)C)cc(C(=O)O)c1. The summed E-state index contributed by atoms with van der Waals surface area (Å²) in [4.78, 5) is 22.5. The maximum atomic E-state index is 11.7. The van der Waals surface area contributed by atoms with Crippen LogP contribution in [0.1, 0.15) is 20.7 Å². The van der Waals surface area contributed by atoms with Crippen molar-refractivity contribution in [1.82, 2.24) is 4.31 Å². The van der Waals surface area contributed by atoms with Crippen LogP contribution in [-0.4, -0.2) is 56.9 Å². The standard InChI is InChI=1S/C12H16N2O6S/c1-14(2)21(18,19)7-13-10-5-8(11(15)16)4-9(6-10)12(17)20-3/h4-6,13H,7H2,1-3H3,(H,15,16). The molecule has 1 rings (SSSR count). The Hall–Kier alpha value is -2.13. The molecule has 8 nitrogen and oxygen atoms in total. The summed E-state index contributed by atoms with van der Waals surface area (Å²) in [5, 5.41) is 11.6. The van der Waals surface area contributed by atoms with Crippen LogP contribution >= 0.6 is 0 Å². The van der Waals surface area contributed by atoms with Crippen molar-refractivity contribution in [2.45, 2.75) is 0 Å². The van der Waals surface area contributed by atoms with Gasteiger partial charge in [-0.3, -0.25) is 0 Å². The zero-order chi connectivity index (χ0) is 16.2. The molecule has 0 unspecified atom stereocenters. The molecule has 0 fully saturated rings. The molecule has 0 aliphatic heterocycles. The van der Waals surface area contributed by atoms with E-state index in [0.29, 0.717) is 0 Å². The van der Waals surface area contributed by atoms with E-state index in [2.05, 4.69) is 10.1 Å². The second-order valence-corrected chi connectivity index (χ2v) is 6.49. The molecule has 1 aromatic carbocycles. The van der Waals surface area contributed by atoms with Gasteiger partial charge in [-0.2, -0.15) is 0 Å². The summed E-state index contributed by atoms with van der Waals surface area (Å²) in [6.07, 6.45) is 0. The predicted octanol–water partition coefficient (Wildman–Crippen LogP) is 0.432. The van der Waals surface area contributed by atoms with Crippen LogP contribution in [0, 0.1) is 0 Å². The second kappa shape index (κ2) is 6.55. The second-order valence-electron chi connectivity index (χ2n) is 4.31. The van der Waals surface area contributed by atoms with Crippen molar-refractivity contribution in [1.29, 1.82) is 0 Å². The van der Waals surface area contributed by atoms with Gasteiger partial charge in [0, 0.05) is 19.8 Å². The fraction of sp³-hybridized carbons (Fsp3) is 0.333. The summed E-state index contributed by atoms with van der Waals surface area (Å²) in [6.45, 7) is 0. The molecular weight excluding hydrogens is 300 g/mol. The van der Waals surface area contributed by atoms with Gasteiger partial charge in [0.15, 0.2) is 0 Å². The van der Waals surface area contributed by atoms with E-state index in [1.165, 1.54) is 33.3 Å². The van der Waals surface area contributed by atoms with Crippen LogP contribution in [0.5, 0.6) is 0 Å². The number of carbonyl (C=O) groups excluding carboxylic acids is 1. The van der Waals surface area contributed by atoms with Gasteiger partial charge >= 0.3 is 11.9 Å². The zero-order valence-electron chi connectivity index (χ0n) is 11.8. The lowest BCUT2D eigenvalue weighted by Crippen LogP contribution is -2.28. The minimum atomic E-state index is -3.51. The molecule has 0 heterocycles. The topological polar surface area (TPSA) is 113 Å². The Kier molecular flexibility index (Phi) is 5.28. The zero-order valence-corrected chi connectivity index (χ0v) is 12.6. The van der Waals surface area contributed by atoms with Crippen LogP contribution in [0.15, 0.2) is 18.2 Å². The van der Waals surface area contributed by atoms with Crippen molar-refractivity contribution >= 4 is 27.6 Å². The Morgan fingerprint density at radius 1 is 1.24 bits per heavy atom. The summed E-state index contributed by atoms with van der Waals surface area (Å²) in [5.74, 6) is -2.38. The fourth-order valence-corrected chi connectivity index (χ4v) is 2.00. The lowest BCUT2D eigenvalue weighted by Gasteiger charge is -2.13. The number of esters is 1. The van der Waals surface area contributed by atoms with Crippen LogP contribution in [0.3, 0.4) is 0 Å². The third-order valence-electron chi connectivity index (χ3n) is 2.62. The van der Waals surface area contributed by atoms with Gasteiger partial charge in [0.05, 0.1) is 18.2 Å². The number of rotatable bonds is 6. The van der Waals surface area contributed by atoms with E-state index < -0.39 is 27.8 Å². The quantitative estimate of drug-likeness (QED) is 0.732. The van der Waals surface area contributed by atoms with E-state index >= 15 is 0 Å². The molecule has 2 N–H and O–H groups in total. The van der Waals surface area contributed by atoms with Crippen LogP contribution in [0.25, 0.3) is 0 Å². The highest BCUT2D eigenvalue weighted by Gasteiger charge is 2.16. The maximum Gasteiger partial charge on any atom is 0.337 e. The Bertz CT molecular complexity index is 654. The molecule has 1 aromatic rings. The first kappa shape index (κ1) is 16.9. The van der Waals surface area contributed by atoms with Gasteiger partial charge in [-0.15, -0.1) is 0 Å². The molecule has 116 valence electrons. The van der Waals surface area contributed by atoms with Crippen LogP contribution in [0.2, 0.25) is 0 Å². The van der Waals surface area contributed by atoms with Gasteiger partial charge in [0.1, 0.15) is 5.88 Å². The number of aromatic carboxylic acids is 1. The van der Waals surface area contributed by atoms with E-state index in [1.54, 1.807) is 0 Å². The van der Waals surface area contributed by atoms with E-state index in [-0.39, 0.29) is 16.8 Å². The molecule has 21 heavy (non-hydrogen) atoms. The maximum absolute atomic E-state index is 11.7. The van der Waals surface area contributed by atoms with Crippen molar-refractivity contribution < 1.29 is 27.9 Å². The highest BCUT2D eigenvalue weighted by atomic mass is 32.2. The summed E-state index contributed by atoms with van der Waals surface area (Å²) in [7, 11) is 0.416. The van der Waals surface area contributed by atoms with E-state index in [0.717, 1.165) is 10.4 Å². The number of carboxylic acid groups (broad SMARTS) is 1. The molecule has 0 radical (unpaired) electrons. The van der Waals surface area contributed by atoms with E-state index in [1.807, 2.05) is 0 Å². The first-order chi connectivity index (χ1) is 9.67. The molecular formula is C12H16N2O6S. The minimum Gasteiger partial charge on any atom is -0.478 e. The molecule has 9 heteroatoms. The third-order valence-corrected chi connectivity index (χ3v) is 4.24. The highest BCUT2D eigenvalue weighted by Crippen LogP contribution is 2.16. The van der Waals surface area contributed by atoms with E-state index in [4.69, 9.17) is 5.11 Å². The van der Waals surface area contributed by atoms with Crippen molar-refractivity contribution in [3.63, 3.8) is 0 Å². The van der Waals surface area contributed by atoms with Gasteiger partial charge in [0.25, 0.3) is 0 Å². The molecule has 0 bridgehead atoms. The van der Waals surface area contributed by atoms with Crippen LogP contribution in [-0.2, 0) is 14.8 Å². The number of carbonyl (C=O) groups is 2. The summed E-state index contributed by atoms with van der Waals surface area (Å²) in [6, 6.07) is 3.71. The van der Waals surface area contributed by atoms with Gasteiger partial charge in [-0.25, -0.2) is 22.3 Å². The summed E-state index contributed by atoms with van der Waals surface area (Å²) >= 11 is 0. The number of sulfonamides is 1. The molecule has 0 aliphatic rings. The van der Waals surface area contributed by atoms with Gasteiger partial charge in [-0.1, -0.05) is 0 Å². The van der Waals surface area contributed by atoms with Crippen molar-refractivity contribution in [2.75, 3.05) is 32.4 Å². The van der Waals surface area contributed by atoms with Crippen LogP contribution < -0.4 is 5.32 Å². The number of carboxylic acids is 1. The number of benzene rings is 1. The van der Waals surface area contributed by atoms with Gasteiger partial charge in [0.2, 0.25) is 10.0 Å². The monoisotopic (exact) mass is 316 g/mol.